The third-order valence-electron chi connectivity index (χ3n) is 12.4. The zero-order valence-electron chi connectivity index (χ0n) is 35.7. The number of hydrogen-bond acceptors (Lipinski definition) is 2. The second-order valence-corrected chi connectivity index (χ2v) is 17.8. The first-order valence-electron chi connectivity index (χ1n) is 21.5. The molecule has 4 heterocycles. The predicted molar refractivity (Wildman–Crippen MR) is 259 cm³/mol. The summed E-state index contributed by atoms with van der Waals surface area (Å²) >= 11 is 6.58. The summed E-state index contributed by atoms with van der Waals surface area (Å²) in [6, 6.07) is 68.7. The quantitative estimate of drug-likeness (QED) is 0.127. The van der Waals surface area contributed by atoms with E-state index >= 15 is 0 Å². The van der Waals surface area contributed by atoms with Crippen LogP contribution < -0.4 is 9.30 Å². The molecule has 0 spiro atoms. The fraction of sp³-hybridized carbons (Fsp3) is 0.0690. The second kappa shape index (κ2) is 15.9. The van der Waals surface area contributed by atoms with E-state index in [1.54, 1.807) is 0 Å². The standard InChI is InChI=1S/C58H39ClN4O.Pt/c1-58(2,3)38-30-31-60-55(32-38)63-52-29-26-39(59)33-51(52)48-28-27-42(35-54(48)63)64-41-17-11-16-40(34-41)61-36-62-56-43(37-14-5-4-6-15-37)22-12-23-49(56)46-20-9-7-18-44(46)45-19-8-10-21-47(45)50-24-13-25-53(61)57(50)62;/h4-33H,1-3H3;/q-2;. The smallest absolute Gasteiger partial charge is 0.268 e. The number of aromatic nitrogens is 4. The van der Waals surface area contributed by atoms with Gasteiger partial charge in [0.2, 0.25) is 0 Å². The number of hydrogen-bond donors (Lipinski definition) is 0. The molecule has 12 rings (SSSR count). The molecule has 0 atom stereocenters. The van der Waals surface area contributed by atoms with E-state index in [4.69, 9.17) is 21.3 Å². The van der Waals surface area contributed by atoms with Crippen molar-refractivity contribution in [3.05, 3.63) is 211 Å². The minimum absolute atomic E-state index is 0. The molecule has 0 amide bonds. The minimum Gasteiger partial charge on any atom is -0.510 e. The van der Waals surface area contributed by atoms with E-state index in [9.17, 15) is 0 Å². The zero-order valence-corrected chi connectivity index (χ0v) is 38.7. The van der Waals surface area contributed by atoms with Crippen molar-refractivity contribution in [3.63, 3.8) is 0 Å². The van der Waals surface area contributed by atoms with E-state index in [1.165, 1.54) is 16.7 Å². The van der Waals surface area contributed by atoms with Gasteiger partial charge in [0.1, 0.15) is 5.82 Å². The van der Waals surface area contributed by atoms with Gasteiger partial charge in [-0.15, -0.1) is 29.7 Å². The Hall–Kier alpha value is -7.04. The molecule has 0 N–H and O–H groups in total. The third-order valence-corrected chi connectivity index (χ3v) is 12.6. The average molecular weight is 1040 g/mol. The Morgan fingerprint density at radius 1 is 0.569 bits per heavy atom. The summed E-state index contributed by atoms with van der Waals surface area (Å²) in [4.78, 5) is 4.85. The largest absolute Gasteiger partial charge is 0.510 e. The first-order chi connectivity index (χ1) is 31.3. The third kappa shape index (κ3) is 6.81. The Morgan fingerprint density at radius 2 is 1.22 bits per heavy atom. The Labute approximate surface area is 397 Å². The maximum absolute atomic E-state index is 6.69. The molecule has 8 aromatic carbocycles. The van der Waals surface area contributed by atoms with Gasteiger partial charge in [-0.1, -0.05) is 153 Å². The number of pyridine rings is 1. The number of benzene rings is 8. The van der Waals surface area contributed by atoms with Crippen molar-refractivity contribution in [2.24, 2.45) is 0 Å². The summed E-state index contributed by atoms with van der Waals surface area (Å²) in [5, 5.41) is 2.70. The van der Waals surface area contributed by atoms with Crippen molar-refractivity contribution in [2.45, 2.75) is 26.2 Å². The maximum atomic E-state index is 6.69. The van der Waals surface area contributed by atoms with E-state index in [1.807, 2.05) is 42.6 Å². The van der Waals surface area contributed by atoms with E-state index in [0.717, 1.165) is 83.4 Å². The van der Waals surface area contributed by atoms with Crippen molar-refractivity contribution in [2.75, 3.05) is 0 Å². The van der Waals surface area contributed by atoms with Crippen LogP contribution in [0, 0.1) is 18.5 Å². The molecule has 0 saturated carbocycles. The fourth-order valence-electron chi connectivity index (χ4n) is 9.42. The molecule has 316 valence electrons. The van der Waals surface area contributed by atoms with Crippen molar-refractivity contribution in [3.8, 4) is 73.2 Å². The van der Waals surface area contributed by atoms with Gasteiger partial charge in [-0.2, -0.15) is 18.2 Å². The summed E-state index contributed by atoms with van der Waals surface area (Å²) in [7, 11) is 0. The van der Waals surface area contributed by atoms with E-state index in [0.29, 0.717) is 16.5 Å². The number of ether oxygens (including phenoxy) is 1. The molecule has 1 aliphatic rings. The van der Waals surface area contributed by atoms with Crippen molar-refractivity contribution < 1.29 is 30.4 Å². The van der Waals surface area contributed by atoms with E-state index in [-0.39, 0.29) is 26.5 Å². The number of halogens is 1. The number of fused-ring (bicyclic) bond motifs is 10. The number of para-hydroxylation sites is 2. The fourth-order valence-corrected chi connectivity index (χ4v) is 9.59. The van der Waals surface area contributed by atoms with Crippen molar-refractivity contribution in [1.82, 2.24) is 14.1 Å². The van der Waals surface area contributed by atoms with Crippen LogP contribution in [0.2, 0.25) is 5.02 Å². The van der Waals surface area contributed by atoms with Crippen LogP contribution in [0.25, 0.3) is 94.5 Å². The molecule has 3 aromatic heterocycles. The Bertz CT molecular complexity index is 3660. The average Bonchev–Trinajstić information content (AvgIpc) is 3.88. The minimum atomic E-state index is -0.0547. The van der Waals surface area contributed by atoms with Gasteiger partial charge >= 0.3 is 0 Å². The van der Waals surface area contributed by atoms with Crippen molar-refractivity contribution >= 4 is 44.4 Å². The van der Waals surface area contributed by atoms with Gasteiger partial charge in [0, 0.05) is 49.3 Å². The number of nitrogens with zero attached hydrogens (tertiary/aromatic N) is 4. The number of rotatable bonds is 5. The van der Waals surface area contributed by atoms with E-state index in [2.05, 4.69) is 192 Å². The summed E-state index contributed by atoms with van der Waals surface area (Å²) in [5.41, 5.74) is 16.0. The van der Waals surface area contributed by atoms with Crippen molar-refractivity contribution in [1.29, 1.82) is 0 Å². The summed E-state index contributed by atoms with van der Waals surface area (Å²) in [5.74, 6) is 1.91. The van der Waals surface area contributed by atoms with Crippen LogP contribution in [0.15, 0.2) is 182 Å². The molecule has 0 saturated heterocycles. The predicted octanol–water partition coefficient (Wildman–Crippen LogP) is 14.5. The van der Waals surface area contributed by atoms with Crippen LogP contribution in [0.5, 0.6) is 11.5 Å². The Balaban J connectivity index is 0.00000469. The Morgan fingerprint density at radius 3 is 1.98 bits per heavy atom. The number of imidazole rings is 1. The summed E-state index contributed by atoms with van der Waals surface area (Å²) < 4.78 is 13.2. The molecule has 11 aromatic rings. The van der Waals surface area contributed by atoms with Gasteiger partial charge in [-0.25, -0.2) is 4.98 Å². The molecule has 65 heavy (non-hydrogen) atoms. The van der Waals surface area contributed by atoms with Crippen LogP contribution in [0.3, 0.4) is 0 Å². The van der Waals surface area contributed by atoms with Crippen LogP contribution in [-0.4, -0.2) is 14.1 Å². The van der Waals surface area contributed by atoms with Crippen LogP contribution in [0.4, 0.5) is 0 Å². The monoisotopic (exact) mass is 1040 g/mol. The molecular weight excluding hydrogens is 999 g/mol. The zero-order chi connectivity index (χ0) is 43.1. The molecule has 5 nitrogen and oxygen atoms in total. The van der Waals surface area contributed by atoms with Gasteiger partial charge in [0.25, 0.3) is 6.33 Å². The van der Waals surface area contributed by atoms with E-state index < -0.39 is 0 Å². The SMILES string of the molecule is CC(C)(C)c1ccnc(-n2c3[c-]c(Oc4[c-]c(-n5[c-][n+]6c7c(cccc75)-c5ccccc5-c5ccccc5-c5cccc(-c7ccccc7)c5-6)ccc4)ccc3c3cc(Cl)ccc32)c1.[Pt]. The summed E-state index contributed by atoms with van der Waals surface area (Å²) in [6.07, 6.45) is 5.74. The molecule has 1 aliphatic heterocycles. The second-order valence-electron chi connectivity index (χ2n) is 17.3. The molecule has 0 unspecified atom stereocenters. The van der Waals surface area contributed by atoms with Crippen LogP contribution in [-0.2, 0) is 26.5 Å². The molecular formula is C58H39ClN4OPt-2. The maximum Gasteiger partial charge on any atom is 0.268 e. The molecule has 0 aliphatic carbocycles. The van der Waals surface area contributed by atoms with Gasteiger partial charge in [0.05, 0.1) is 16.7 Å². The molecule has 0 fully saturated rings. The normalized spacial score (nSPS) is 11.9. The Kier molecular flexibility index (Phi) is 9.95. The van der Waals surface area contributed by atoms with Gasteiger partial charge in [0.15, 0.2) is 0 Å². The molecule has 7 heteroatoms. The topological polar surface area (TPSA) is 35.9 Å². The first kappa shape index (κ1) is 40.7. The molecule has 0 bridgehead atoms. The van der Waals surface area contributed by atoms with Gasteiger partial charge < -0.3 is 13.9 Å². The van der Waals surface area contributed by atoms with Gasteiger partial charge in [-0.05, 0) is 96.9 Å². The first-order valence-corrected chi connectivity index (χ1v) is 21.9. The van der Waals surface area contributed by atoms with Crippen LogP contribution in [0.1, 0.15) is 26.3 Å². The van der Waals surface area contributed by atoms with Gasteiger partial charge in [-0.3, -0.25) is 4.57 Å². The van der Waals surface area contributed by atoms with Crippen LogP contribution >= 0.6 is 11.6 Å². The molecule has 0 radical (unpaired) electrons. The summed E-state index contributed by atoms with van der Waals surface area (Å²) in [6.45, 7) is 6.64.